The zero-order valence-electron chi connectivity index (χ0n) is 12.3. The molecule has 0 aliphatic carbocycles. The fourth-order valence-electron chi connectivity index (χ4n) is 2.82. The van der Waals surface area contributed by atoms with Crippen LogP contribution in [-0.2, 0) is 0 Å². The Hall–Kier alpha value is -0.890. The van der Waals surface area contributed by atoms with Crippen molar-refractivity contribution in [2.45, 2.75) is 26.2 Å². The lowest BCUT2D eigenvalue weighted by atomic mass is 9.97. The predicted octanol–water partition coefficient (Wildman–Crippen LogP) is 3.42. The largest absolute Gasteiger partial charge is 0.370 e. The van der Waals surface area contributed by atoms with Crippen molar-refractivity contribution >= 4 is 34.0 Å². The molecule has 2 rings (SSSR count). The molecule has 5 nitrogen and oxygen atoms in total. The molecule has 1 aromatic carbocycles. The van der Waals surface area contributed by atoms with Crippen LogP contribution in [0, 0.1) is 19.6 Å². The molecule has 0 amide bonds. The number of piperidine rings is 1. The number of nitro benzene ring substituents is 1. The molecule has 1 aliphatic rings. The second-order valence-corrected chi connectivity index (χ2v) is 6.69. The molecule has 0 atom stereocenters. The van der Waals surface area contributed by atoms with Crippen LogP contribution in [0.25, 0.3) is 0 Å². The highest BCUT2D eigenvalue weighted by Gasteiger charge is 2.19. The van der Waals surface area contributed by atoms with E-state index in [1.54, 1.807) is 12.1 Å². The van der Waals surface area contributed by atoms with E-state index in [-0.39, 0.29) is 10.6 Å². The molecule has 116 valence electrons. The van der Waals surface area contributed by atoms with E-state index >= 15 is 0 Å². The minimum atomic E-state index is -0.330. The molecule has 21 heavy (non-hydrogen) atoms. The highest BCUT2D eigenvalue weighted by molar-refractivity contribution is 14.1. The summed E-state index contributed by atoms with van der Waals surface area (Å²) < 4.78 is 0.962. The predicted molar refractivity (Wildman–Crippen MR) is 93.9 cm³/mol. The highest BCUT2D eigenvalue weighted by Crippen LogP contribution is 2.28. The van der Waals surface area contributed by atoms with Crippen LogP contribution in [-0.4, -0.2) is 31.1 Å². The van der Waals surface area contributed by atoms with Crippen molar-refractivity contribution in [3.8, 4) is 0 Å². The van der Waals surface area contributed by atoms with E-state index in [1.165, 1.54) is 12.8 Å². The normalized spacial score (nSPS) is 15.9. The second kappa shape index (κ2) is 7.93. The smallest absolute Gasteiger partial charge is 0.270 e. The van der Waals surface area contributed by atoms with Gasteiger partial charge in [0, 0.05) is 28.8 Å². The molecule has 0 aromatic heterocycles. The highest BCUT2D eigenvalue weighted by atomic mass is 127. The van der Waals surface area contributed by atoms with Gasteiger partial charge < -0.3 is 10.2 Å². The molecule has 1 saturated heterocycles. The minimum absolute atomic E-state index is 0.168. The quantitative estimate of drug-likeness (QED) is 0.449. The van der Waals surface area contributed by atoms with Crippen molar-refractivity contribution in [3.63, 3.8) is 0 Å². The van der Waals surface area contributed by atoms with E-state index in [0.717, 1.165) is 41.9 Å². The standard InChI is InChI=1S/C15H22IN3O2/c1-2-9-18(11-12-5-7-17-8-6-12)15-4-3-13(19(20)21)10-14(15)16/h3-4,10,12,17H,2,5-9,11H2,1H3. The Morgan fingerprint density at radius 1 is 1.43 bits per heavy atom. The molecule has 1 aromatic rings. The van der Waals surface area contributed by atoms with Gasteiger partial charge in [0.05, 0.1) is 10.6 Å². The fourth-order valence-corrected chi connectivity index (χ4v) is 3.66. The third-order valence-corrected chi connectivity index (χ3v) is 4.78. The van der Waals surface area contributed by atoms with Crippen molar-refractivity contribution in [2.24, 2.45) is 5.92 Å². The minimum Gasteiger partial charge on any atom is -0.370 e. The summed E-state index contributed by atoms with van der Waals surface area (Å²) in [5.74, 6) is 0.712. The van der Waals surface area contributed by atoms with Crippen LogP contribution in [0.2, 0.25) is 0 Å². The number of halogens is 1. The Morgan fingerprint density at radius 3 is 2.71 bits per heavy atom. The lowest BCUT2D eigenvalue weighted by Crippen LogP contribution is -2.37. The maximum Gasteiger partial charge on any atom is 0.270 e. The van der Waals surface area contributed by atoms with Crippen molar-refractivity contribution < 1.29 is 4.92 Å². The molecule has 6 heteroatoms. The molecule has 1 heterocycles. The summed E-state index contributed by atoms with van der Waals surface area (Å²) in [4.78, 5) is 12.9. The lowest BCUT2D eigenvalue weighted by Gasteiger charge is -2.32. The molecule has 0 radical (unpaired) electrons. The zero-order valence-corrected chi connectivity index (χ0v) is 14.5. The molecule has 1 aliphatic heterocycles. The van der Waals surface area contributed by atoms with Crippen LogP contribution in [0.1, 0.15) is 26.2 Å². The molecule has 0 saturated carbocycles. The van der Waals surface area contributed by atoms with Crippen LogP contribution in [0.4, 0.5) is 11.4 Å². The third kappa shape index (κ3) is 4.54. The molecular weight excluding hydrogens is 381 g/mol. The summed E-state index contributed by atoms with van der Waals surface area (Å²) in [5.41, 5.74) is 1.29. The number of nitro groups is 1. The fraction of sp³-hybridized carbons (Fsp3) is 0.600. The first-order valence-corrected chi connectivity index (χ1v) is 8.59. The van der Waals surface area contributed by atoms with Gasteiger partial charge in [0.15, 0.2) is 0 Å². The summed E-state index contributed by atoms with van der Waals surface area (Å²) in [6, 6.07) is 5.18. The SMILES string of the molecule is CCCN(CC1CCNCC1)c1ccc([N+](=O)[O-])cc1I. The van der Waals surface area contributed by atoms with Gasteiger partial charge in [-0.1, -0.05) is 6.92 Å². The van der Waals surface area contributed by atoms with Crippen LogP contribution in [0.5, 0.6) is 0 Å². The van der Waals surface area contributed by atoms with Crippen molar-refractivity contribution in [2.75, 3.05) is 31.1 Å². The molecular formula is C15H22IN3O2. The summed E-state index contributed by atoms with van der Waals surface area (Å²) >= 11 is 2.21. The first-order chi connectivity index (χ1) is 10.1. The maximum atomic E-state index is 10.9. The van der Waals surface area contributed by atoms with Crippen molar-refractivity contribution in [1.82, 2.24) is 5.32 Å². The van der Waals surface area contributed by atoms with Gasteiger partial charge >= 0.3 is 0 Å². The Labute approximate surface area is 139 Å². The number of non-ortho nitro benzene ring substituents is 1. The monoisotopic (exact) mass is 403 g/mol. The van der Waals surface area contributed by atoms with E-state index in [9.17, 15) is 10.1 Å². The molecule has 1 N–H and O–H groups in total. The van der Waals surface area contributed by atoms with Gasteiger partial charge in [-0.15, -0.1) is 0 Å². The summed E-state index contributed by atoms with van der Waals surface area (Å²) in [5, 5.41) is 14.3. The van der Waals surface area contributed by atoms with Gasteiger partial charge in [-0.2, -0.15) is 0 Å². The first-order valence-electron chi connectivity index (χ1n) is 7.51. The van der Waals surface area contributed by atoms with E-state index in [4.69, 9.17) is 0 Å². The zero-order chi connectivity index (χ0) is 15.2. The third-order valence-electron chi connectivity index (χ3n) is 3.91. The van der Waals surface area contributed by atoms with Crippen LogP contribution >= 0.6 is 22.6 Å². The number of benzene rings is 1. The van der Waals surface area contributed by atoms with E-state index < -0.39 is 0 Å². The van der Waals surface area contributed by atoms with E-state index in [2.05, 4.69) is 39.7 Å². The van der Waals surface area contributed by atoms with Gasteiger partial charge in [-0.3, -0.25) is 10.1 Å². The summed E-state index contributed by atoms with van der Waals surface area (Å²) in [7, 11) is 0. The number of hydrogen-bond acceptors (Lipinski definition) is 4. The molecule has 0 spiro atoms. The van der Waals surface area contributed by atoms with Gasteiger partial charge in [-0.05, 0) is 66.9 Å². The van der Waals surface area contributed by atoms with Crippen LogP contribution in [0.15, 0.2) is 18.2 Å². The first kappa shape index (κ1) is 16.5. The number of anilines is 1. The van der Waals surface area contributed by atoms with Crippen LogP contribution in [0.3, 0.4) is 0 Å². The van der Waals surface area contributed by atoms with Gasteiger partial charge in [0.1, 0.15) is 0 Å². The Bertz CT molecular complexity index is 490. The average molecular weight is 403 g/mol. The van der Waals surface area contributed by atoms with E-state index in [1.807, 2.05) is 6.07 Å². The summed E-state index contributed by atoms with van der Waals surface area (Å²) in [6.07, 6.45) is 3.51. The van der Waals surface area contributed by atoms with E-state index in [0.29, 0.717) is 5.92 Å². The number of nitrogens with zero attached hydrogens (tertiary/aromatic N) is 2. The van der Waals surface area contributed by atoms with Crippen molar-refractivity contribution in [1.29, 1.82) is 0 Å². The van der Waals surface area contributed by atoms with Crippen LogP contribution < -0.4 is 10.2 Å². The molecule has 0 unspecified atom stereocenters. The average Bonchev–Trinajstić information content (AvgIpc) is 2.48. The van der Waals surface area contributed by atoms with Crippen molar-refractivity contribution in [3.05, 3.63) is 31.9 Å². The molecule has 1 fully saturated rings. The maximum absolute atomic E-state index is 10.9. The number of hydrogen-bond donors (Lipinski definition) is 1. The van der Waals surface area contributed by atoms with Gasteiger partial charge in [-0.25, -0.2) is 0 Å². The Kier molecular flexibility index (Phi) is 6.22. The topological polar surface area (TPSA) is 58.4 Å². The Morgan fingerprint density at radius 2 is 2.14 bits per heavy atom. The lowest BCUT2D eigenvalue weighted by molar-refractivity contribution is -0.384. The van der Waals surface area contributed by atoms with Gasteiger partial charge in [0.25, 0.3) is 5.69 Å². The van der Waals surface area contributed by atoms with Gasteiger partial charge in [0.2, 0.25) is 0 Å². The number of nitrogens with one attached hydrogen (secondary N) is 1. The Balaban J connectivity index is 2.14. The summed E-state index contributed by atoms with van der Waals surface area (Å²) in [6.45, 7) is 6.42. The second-order valence-electron chi connectivity index (χ2n) is 5.53. The molecule has 0 bridgehead atoms. The number of rotatable bonds is 6.